The maximum absolute atomic E-state index is 12.8. The Morgan fingerprint density at radius 3 is 2.56 bits per heavy atom. The summed E-state index contributed by atoms with van der Waals surface area (Å²) >= 11 is 5.78. The van der Waals surface area contributed by atoms with E-state index in [4.69, 9.17) is 16.3 Å². The summed E-state index contributed by atoms with van der Waals surface area (Å²) < 4.78 is 31.5. The number of nitrogens with one attached hydrogen (secondary N) is 2. The van der Waals surface area contributed by atoms with Gasteiger partial charge in [-0.25, -0.2) is 13.2 Å². The number of sulfonamides is 1. The van der Waals surface area contributed by atoms with E-state index < -0.39 is 40.6 Å². The third kappa shape index (κ3) is 5.41. The van der Waals surface area contributed by atoms with Crippen molar-refractivity contribution in [2.45, 2.75) is 30.7 Å². The number of rotatable bonds is 6. The van der Waals surface area contributed by atoms with Crippen molar-refractivity contribution in [1.29, 1.82) is 0 Å². The molecule has 1 saturated heterocycles. The van der Waals surface area contributed by atoms with E-state index >= 15 is 0 Å². The Labute approximate surface area is 162 Å². The topological polar surface area (TPSA) is 122 Å². The normalized spacial score (nSPS) is 17.3. The molecule has 148 valence electrons. The molecule has 9 nitrogen and oxygen atoms in total. The van der Waals surface area contributed by atoms with Crippen molar-refractivity contribution in [2.24, 2.45) is 0 Å². The molecule has 0 aliphatic carbocycles. The van der Waals surface area contributed by atoms with Crippen molar-refractivity contribution in [3.63, 3.8) is 0 Å². The Morgan fingerprint density at radius 2 is 1.93 bits per heavy atom. The third-order valence-electron chi connectivity index (χ3n) is 3.83. The van der Waals surface area contributed by atoms with Crippen LogP contribution >= 0.6 is 11.6 Å². The number of nitrogens with zero attached hydrogens (tertiary/aromatic N) is 1. The predicted molar refractivity (Wildman–Crippen MR) is 96.5 cm³/mol. The molecule has 2 rings (SSSR count). The molecule has 2 N–H and O–H groups in total. The van der Waals surface area contributed by atoms with E-state index in [0.29, 0.717) is 18.0 Å². The second-order valence-electron chi connectivity index (χ2n) is 5.74. The smallest absolute Gasteiger partial charge is 0.324 e. The zero-order valence-electron chi connectivity index (χ0n) is 14.6. The summed E-state index contributed by atoms with van der Waals surface area (Å²) in [5.74, 6) is -1.64. The van der Waals surface area contributed by atoms with Crippen LogP contribution in [0, 0.1) is 0 Å². The van der Waals surface area contributed by atoms with Crippen LogP contribution in [0.4, 0.5) is 4.79 Å². The van der Waals surface area contributed by atoms with Crippen LogP contribution in [0.5, 0.6) is 0 Å². The van der Waals surface area contributed by atoms with E-state index in [1.165, 1.54) is 24.3 Å². The summed E-state index contributed by atoms with van der Waals surface area (Å²) in [5.41, 5.74) is 0. The summed E-state index contributed by atoms with van der Waals surface area (Å²) in [6.45, 7) is 1.50. The molecular weight excluding hydrogens is 398 g/mol. The van der Waals surface area contributed by atoms with Crippen molar-refractivity contribution < 1.29 is 27.5 Å². The molecule has 1 fully saturated rings. The van der Waals surface area contributed by atoms with Crippen molar-refractivity contribution in [1.82, 2.24) is 14.9 Å². The average Bonchev–Trinajstić information content (AvgIpc) is 3.11. The Balaban J connectivity index is 2.00. The minimum atomic E-state index is -3.91. The molecule has 27 heavy (non-hydrogen) atoms. The Hall–Kier alpha value is -2.17. The fourth-order valence-corrected chi connectivity index (χ4v) is 4.38. The number of halogens is 1. The number of benzene rings is 1. The molecule has 1 aliphatic rings. The van der Waals surface area contributed by atoms with Gasteiger partial charge in [-0.1, -0.05) is 11.6 Å². The highest BCUT2D eigenvalue weighted by molar-refractivity contribution is 7.89. The van der Waals surface area contributed by atoms with E-state index in [9.17, 15) is 22.8 Å². The van der Waals surface area contributed by atoms with Gasteiger partial charge in [-0.15, -0.1) is 0 Å². The lowest BCUT2D eigenvalue weighted by Crippen LogP contribution is -2.44. The Morgan fingerprint density at radius 1 is 1.26 bits per heavy atom. The van der Waals surface area contributed by atoms with Crippen LogP contribution in [-0.4, -0.2) is 56.4 Å². The van der Waals surface area contributed by atoms with Crippen molar-refractivity contribution >= 4 is 39.5 Å². The molecule has 1 aliphatic heterocycles. The van der Waals surface area contributed by atoms with Gasteiger partial charge in [-0.3, -0.25) is 14.9 Å². The van der Waals surface area contributed by atoms with Gasteiger partial charge in [0.05, 0.1) is 4.90 Å². The molecule has 1 heterocycles. The van der Waals surface area contributed by atoms with Crippen LogP contribution in [0.3, 0.4) is 0 Å². The van der Waals surface area contributed by atoms with Gasteiger partial charge in [0.15, 0.2) is 6.61 Å². The molecule has 0 spiro atoms. The van der Waals surface area contributed by atoms with Gasteiger partial charge in [-0.05, 0) is 44.0 Å². The molecule has 0 radical (unpaired) electrons. The number of esters is 1. The number of ether oxygens (including phenoxy) is 1. The second kappa shape index (κ2) is 9.16. The standard InChI is InChI=1S/C16H20ClN3O6S/c1-2-18-16(23)19-14(21)10-26-15(22)13-4-3-9-20(13)27(24,25)12-7-5-11(17)6-8-12/h5-8,13H,2-4,9-10H2,1H3,(H2,18,19,21,23). The van der Waals surface area contributed by atoms with E-state index in [0.717, 1.165) is 4.31 Å². The number of hydrogen-bond donors (Lipinski definition) is 2. The molecule has 3 amide bonds. The minimum Gasteiger partial charge on any atom is -0.454 e. The number of imide groups is 1. The molecule has 1 aromatic carbocycles. The molecule has 0 bridgehead atoms. The van der Waals surface area contributed by atoms with Crippen LogP contribution in [0.15, 0.2) is 29.2 Å². The second-order valence-corrected chi connectivity index (χ2v) is 8.07. The van der Waals surface area contributed by atoms with E-state index in [2.05, 4.69) is 5.32 Å². The summed E-state index contributed by atoms with van der Waals surface area (Å²) in [4.78, 5) is 35.1. The van der Waals surface area contributed by atoms with E-state index in [1.807, 2.05) is 5.32 Å². The number of carbonyl (C=O) groups is 3. The lowest BCUT2D eigenvalue weighted by molar-refractivity contribution is -0.151. The molecule has 1 atom stereocenters. The minimum absolute atomic E-state index is 0.0144. The predicted octanol–water partition coefficient (Wildman–Crippen LogP) is 0.882. The molecule has 0 saturated carbocycles. The number of amides is 3. The quantitative estimate of drug-likeness (QED) is 0.662. The fraction of sp³-hybridized carbons (Fsp3) is 0.438. The summed E-state index contributed by atoms with van der Waals surface area (Å²) in [6, 6.07) is 3.89. The number of urea groups is 1. The summed E-state index contributed by atoms with van der Waals surface area (Å²) in [7, 11) is -3.91. The summed E-state index contributed by atoms with van der Waals surface area (Å²) in [5, 5.41) is 4.74. The highest BCUT2D eigenvalue weighted by Crippen LogP contribution is 2.27. The Kier molecular flexibility index (Phi) is 7.17. The molecule has 1 unspecified atom stereocenters. The first-order valence-electron chi connectivity index (χ1n) is 8.27. The SMILES string of the molecule is CCNC(=O)NC(=O)COC(=O)C1CCCN1S(=O)(=O)c1ccc(Cl)cc1. The van der Waals surface area contributed by atoms with E-state index in [-0.39, 0.29) is 17.9 Å². The molecule has 1 aromatic rings. The zero-order chi connectivity index (χ0) is 20.0. The van der Waals surface area contributed by atoms with Gasteiger partial charge in [-0.2, -0.15) is 4.31 Å². The van der Waals surface area contributed by atoms with Gasteiger partial charge in [0.25, 0.3) is 5.91 Å². The largest absolute Gasteiger partial charge is 0.454 e. The van der Waals surface area contributed by atoms with Crippen molar-refractivity contribution in [3.8, 4) is 0 Å². The van der Waals surface area contributed by atoms with Gasteiger partial charge in [0.1, 0.15) is 6.04 Å². The summed E-state index contributed by atoms with van der Waals surface area (Å²) in [6.07, 6.45) is 0.765. The molecule has 11 heteroatoms. The van der Waals surface area contributed by atoms with Crippen molar-refractivity contribution in [3.05, 3.63) is 29.3 Å². The zero-order valence-corrected chi connectivity index (χ0v) is 16.2. The number of hydrogen-bond acceptors (Lipinski definition) is 6. The Bertz CT molecular complexity index is 812. The first-order valence-corrected chi connectivity index (χ1v) is 10.1. The van der Waals surface area contributed by atoms with Crippen molar-refractivity contribution in [2.75, 3.05) is 19.7 Å². The highest BCUT2D eigenvalue weighted by atomic mass is 35.5. The monoisotopic (exact) mass is 417 g/mol. The first-order chi connectivity index (χ1) is 12.8. The maximum Gasteiger partial charge on any atom is 0.324 e. The fourth-order valence-electron chi connectivity index (χ4n) is 2.61. The maximum atomic E-state index is 12.8. The van der Waals surface area contributed by atoms with Crippen LogP contribution < -0.4 is 10.6 Å². The first kappa shape index (κ1) is 21.1. The lowest BCUT2D eigenvalue weighted by Gasteiger charge is -2.22. The lowest BCUT2D eigenvalue weighted by atomic mass is 10.2. The van der Waals surface area contributed by atoms with Gasteiger partial charge in [0.2, 0.25) is 10.0 Å². The van der Waals surface area contributed by atoms with Crippen LogP contribution in [0.2, 0.25) is 5.02 Å². The van der Waals surface area contributed by atoms with Gasteiger partial charge in [0, 0.05) is 18.1 Å². The third-order valence-corrected chi connectivity index (χ3v) is 6.01. The van der Waals surface area contributed by atoms with Crippen LogP contribution in [0.25, 0.3) is 0 Å². The number of carbonyl (C=O) groups excluding carboxylic acids is 3. The van der Waals surface area contributed by atoms with Gasteiger partial charge < -0.3 is 10.1 Å². The van der Waals surface area contributed by atoms with Crippen LogP contribution in [0.1, 0.15) is 19.8 Å². The molecular formula is C16H20ClN3O6S. The highest BCUT2D eigenvalue weighted by Gasteiger charge is 2.40. The van der Waals surface area contributed by atoms with E-state index in [1.54, 1.807) is 6.92 Å². The average molecular weight is 418 g/mol. The molecule has 0 aromatic heterocycles. The van der Waals surface area contributed by atoms with Gasteiger partial charge >= 0.3 is 12.0 Å². The van der Waals surface area contributed by atoms with Crippen LogP contribution in [-0.2, 0) is 24.3 Å².